The second-order valence-electron chi connectivity index (χ2n) is 9.12. The Labute approximate surface area is 189 Å². The fourth-order valence-electron chi connectivity index (χ4n) is 3.47. The fourth-order valence-corrected chi connectivity index (χ4v) is 7.33. The topological polar surface area (TPSA) is 55.8 Å². The molecular formula is C24H42O4SSi. The van der Waals surface area contributed by atoms with E-state index in [4.69, 9.17) is 9.16 Å². The number of benzene rings is 1. The van der Waals surface area contributed by atoms with Gasteiger partial charge in [-0.2, -0.15) is 0 Å². The van der Waals surface area contributed by atoms with Gasteiger partial charge >= 0.3 is 0 Å². The van der Waals surface area contributed by atoms with Gasteiger partial charge in [-0.05, 0) is 23.7 Å². The van der Waals surface area contributed by atoms with Gasteiger partial charge in [0.25, 0.3) is 0 Å². The van der Waals surface area contributed by atoms with Crippen molar-refractivity contribution in [1.82, 2.24) is 0 Å². The van der Waals surface area contributed by atoms with Gasteiger partial charge in [-0.25, -0.2) is 0 Å². The normalized spacial score (nSPS) is 15.6. The first-order chi connectivity index (χ1) is 14.1. The molecular weight excluding hydrogens is 412 g/mol. The Balaban J connectivity index is 2.84. The van der Waals surface area contributed by atoms with Crippen LogP contribution in [0.1, 0.15) is 60.5 Å². The van der Waals surface area contributed by atoms with Crippen LogP contribution in [0.5, 0.6) is 0 Å². The molecule has 6 heteroatoms. The van der Waals surface area contributed by atoms with Crippen LogP contribution in [0.2, 0.25) is 18.1 Å². The minimum Gasteiger partial charge on any atom is -0.411 e. The van der Waals surface area contributed by atoms with Gasteiger partial charge in [-0.1, -0.05) is 90.6 Å². The summed E-state index contributed by atoms with van der Waals surface area (Å²) in [7, 11) is -1.88. The van der Waals surface area contributed by atoms with E-state index in [2.05, 4.69) is 20.8 Å². The summed E-state index contributed by atoms with van der Waals surface area (Å²) in [5, 5.41) is 10.9. The smallest absolute Gasteiger partial charge is 0.192 e. The second-order valence-corrected chi connectivity index (χ2v) is 15.7. The average Bonchev–Trinajstić information content (AvgIpc) is 2.69. The van der Waals surface area contributed by atoms with Gasteiger partial charge in [0.05, 0.1) is 25.4 Å². The van der Waals surface area contributed by atoms with Crippen molar-refractivity contribution in [3.8, 4) is 0 Å². The Morgan fingerprint density at radius 1 is 1.10 bits per heavy atom. The summed E-state index contributed by atoms with van der Waals surface area (Å²) in [5.41, 5.74) is 1.12. The number of ether oxygens (including phenoxy) is 1. The van der Waals surface area contributed by atoms with E-state index in [1.54, 1.807) is 0 Å². The monoisotopic (exact) mass is 454 g/mol. The number of aliphatic hydroxyl groups excluding tert-OH is 1. The average molecular weight is 455 g/mol. The summed E-state index contributed by atoms with van der Waals surface area (Å²) >= 11 is 1.29. The van der Waals surface area contributed by atoms with E-state index < -0.39 is 14.4 Å². The van der Waals surface area contributed by atoms with Gasteiger partial charge in [0.2, 0.25) is 0 Å². The summed E-state index contributed by atoms with van der Waals surface area (Å²) < 4.78 is 12.6. The van der Waals surface area contributed by atoms with E-state index >= 15 is 0 Å². The van der Waals surface area contributed by atoms with Gasteiger partial charge in [-0.3, -0.25) is 4.79 Å². The number of carbonyl (C=O) groups is 1. The van der Waals surface area contributed by atoms with E-state index in [1.807, 2.05) is 58.0 Å². The van der Waals surface area contributed by atoms with Crippen molar-refractivity contribution in [2.45, 2.75) is 96.6 Å². The summed E-state index contributed by atoms with van der Waals surface area (Å²) in [6.45, 7) is 15.6. The van der Waals surface area contributed by atoms with Crippen molar-refractivity contribution in [2.75, 3.05) is 6.61 Å². The molecule has 0 amide bonds. The standard InChI is InChI=1S/C24H42O4SSi/c1-8-30(9-2,10-3)28-22(18-27-17-20-14-12-11-13-15-20)19(4)21(25)16-23(26)29-24(5,6)7/h11-15,19,21-22,25H,8-10,16-18H2,1-7H3/t19-,21+,22+/m1/s1. The largest absolute Gasteiger partial charge is 0.411 e. The summed E-state index contributed by atoms with van der Waals surface area (Å²) in [4.78, 5) is 12.4. The van der Waals surface area contributed by atoms with Crippen LogP contribution < -0.4 is 0 Å². The van der Waals surface area contributed by atoms with Gasteiger partial charge < -0.3 is 14.3 Å². The first-order valence-electron chi connectivity index (χ1n) is 11.2. The maximum atomic E-state index is 12.4. The molecule has 0 saturated carbocycles. The van der Waals surface area contributed by atoms with Gasteiger partial charge in [0.15, 0.2) is 13.4 Å². The Kier molecular flexibility index (Phi) is 11.9. The van der Waals surface area contributed by atoms with Gasteiger partial charge in [-0.15, -0.1) is 0 Å². The number of rotatable bonds is 13. The lowest BCUT2D eigenvalue weighted by molar-refractivity contribution is -0.114. The summed E-state index contributed by atoms with van der Waals surface area (Å²) in [6.07, 6.45) is -0.821. The Morgan fingerprint density at radius 2 is 1.67 bits per heavy atom. The molecule has 1 aromatic rings. The molecule has 0 radical (unpaired) electrons. The molecule has 4 nitrogen and oxygen atoms in total. The highest BCUT2D eigenvalue weighted by Gasteiger charge is 2.36. The third kappa shape index (κ3) is 9.65. The zero-order valence-corrected chi connectivity index (χ0v) is 21.8. The molecule has 0 saturated heterocycles. The molecule has 3 atom stereocenters. The van der Waals surface area contributed by atoms with Gasteiger partial charge in [0.1, 0.15) is 0 Å². The van der Waals surface area contributed by atoms with Gasteiger partial charge in [0, 0.05) is 17.1 Å². The van der Waals surface area contributed by atoms with Crippen molar-refractivity contribution in [1.29, 1.82) is 0 Å². The third-order valence-electron chi connectivity index (χ3n) is 5.72. The predicted octanol–water partition coefficient (Wildman–Crippen LogP) is 6.04. The number of hydrogen-bond donors (Lipinski definition) is 1. The molecule has 0 unspecified atom stereocenters. The van der Waals surface area contributed by atoms with E-state index in [-0.39, 0.29) is 28.3 Å². The van der Waals surface area contributed by atoms with Crippen molar-refractivity contribution in [3.05, 3.63) is 35.9 Å². The number of aliphatic hydroxyl groups is 1. The molecule has 0 aliphatic rings. The zero-order chi connectivity index (χ0) is 22.8. The maximum Gasteiger partial charge on any atom is 0.192 e. The van der Waals surface area contributed by atoms with E-state index in [0.717, 1.165) is 23.7 Å². The molecule has 0 aliphatic heterocycles. The minimum atomic E-state index is -1.88. The highest BCUT2D eigenvalue weighted by molar-refractivity contribution is 8.14. The Hall–Kier alpha value is -0.663. The van der Waals surface area contributed by atoms with Crippen LogP contribution >= 0.6 is 11.8 Å². The molecule has 172 valence electrons. The quantitative estimate of drug-likeness (QED) is 0.368. The summed E-state index contributed by atoms with van der Waals surface area (Å²) in [5.74, 6) is -0.179. The highest BCUT2D eigenvalue weighted by atomic mass is 32.2. The first kappa shape index (κ1) is 27.4. The zero-order valence-electron chi connectivity index (χ0n) is 19.9. The van der Waals surface area contributed by atoms with Crippen LogP contribution in [0.15, 0.2) is 30.3 Å². The third-order valence-corrected chi connectivity index (χ3v) is 11.4. The fraction of sp³-hybridized carbons (Fsp3) is 0.708. The number of carbonyl (C=O) groups excluding carboxylic acids is 1. The summed E-state index contributed by atoms with van der Waals surface area (Å²) in [6, 6.07) is 13.2. The lowest BCUT2D eigenvalue weighted by Crippen LogP contribution is -2.46. The molecule has 1 N–H and O–H groups in total. The SMILES string of the molecule is CC[Si](CC)(CC)O[C@@H](COCc1ccccc1)[C@H](C)[C@@H](O)CC(=O)SC(C)(C)C. The number of hydrogen-bond acceptors (Lipinski definition) is 5. The minimum absolute atomic E-state index is 0.0239. The highest BCUT2D eigenvalue weighted by Crippen LogP contribution is 2.30. The van der Waals surface area contributed by atoms with Crippen molar-refractivity contribution in [2.24, 2.45) is 5.92 Å². The molecule has 30 heavy (non-hydrogen) atoms. The van der Waals surface area contributed by atoms with Crippen LogP contribution in [0.25, 0.3) is 0 Å². The van der Waals surface area contributed by atoms with Crippen molar-refractivity contribution < 1.29 is 19.1 Å². The first-order valence-corrected chi connectivity index (χ1v) is 14.6. The van der Waals surface area contributed by atoms with Crippen LogP contribution in [-0.4, -0.2) is 42.1 Å². The van der Waals surface area contributed by atoms with E-state index in [0.29, 0.717) is 13.2 Å². The second kappa shape index (κ2) is 13.0. The lowest BCUT2D eigenvalue weighted by atomic mass is 9.96. The molecule has 0 aliphatic carbocycles. The molecule has 1 rings (SSSR count). The Morgan fingerprint density at radius 3 is 2.17 bits per heavy atom. The predicted molar refractivity (Wildman–Crippen MR) is 130 cm³/mol. The number of thioether (sulfide) groups is 1. The van der Waals surface area contributed by atoms with E-state index in [1.165, 1.54) is 11.8 Å². The van der Waals surface area contributed by atoms with Crippen LogP contribution in [0, 0.1) is 5.92 Å². The maximum absolute atomic E-state index is 12.4. The molecule has 0 aromatic heterocycles. The Bertz CT molecular complexity index is 605. The van der Waals surface area contributed by atoms with Crippen molar-refractivity contribution in [3.63, 3.8) is 0 Å². The lowest BCUT2D eigenvalue weighted by Gasteiger charge is -2.37. The van der Waals surface area contributed by atoms with Crippen LogP contribution in [0.4, 0.5) is 0 Å². The van der Waals surface area contributed by atoms with E-state index in [9.17, 15) is 9.90 Å². The van der Waals surface area contributed by atoms with Crippen LogP contribution in [0.3, 0.4) is 0 Å². The molecule has 0 heterocycles. The molecule has 0 bridgehead atoms. The van der Waals surface area contributed by atoms with Crippen LogP contribution in [-0.2, 0) is 20.6 Å². The molecule has 0 spiro atoms. The van der Waals surface area contributed by atoms with Crippen molar-refractivity contribution >= 4 is 25.2 Å². The molecule has 1 aromatic carbocycles. The molecule has 0 fully saturated rings.